The van der Waals surface area contributed by atoms with Gasteiger partial charge in [-0.05, 0) is 24.1 Å². The van der Waals surface area contributed by atoms with Gasteiger partial charge in [0.15, 0.2) is 0 Å². The quantitative estimate of drug-likeness (QED) is 0.559. The minimum Gasteiger partial charge on any atom is -0.325 e. The smallest absolute Gasteiger partial charge is 0.238 e. The maximum Gasteiger partial charge on any atom is 0.238 e. The van der Waals surface area contributed by atoms with Crippen LogP contribution in [0.3, 0.4) is 0 Å². The number of carbonyl (C=O) groups is 1. The molecule has 0 aromatic heterocycles. The SMILES string of the molecule is C=CCNCC(=O)Nc1ccc(CCC)cc1. The normalized spacial score (nSPS) is 9.94. The molecule has 0 unspecified atom stereocenters. The number of nitrogens with one attached hydrogen (secondary N) is 2. The van der Waals surface area contributed by atoms with Crippen molar-refractivity contribution in [2.45, 2.75) is 19.8 Å². The van der Waals surface area contributed by atoms with E-state index in [-0.39, 0.29) is 5.91 Å². The molecule has 0 aliphatic carbocycles. The summed E-state index contributed by atoms with van der Waals surface area (Å²) in [5.41, 5.74) is 2.14. The van der Waals surface area contributed by atoms with Crippen LogP contribution >= 0.6 is 0 Å². The van der Waals surface area contributed by atoms with Gasteiger partial charge in [-0.2, -0.15) is 0 Å². The molecule has 2 N–H and O–H groups in total. The van der Waals surface area contributed by atoms with Crippen LogP contribution in [0.2, 0.25) is 0 Å². The molecule has 0 aliphatic heterocycles. The zero-order chi connectivity index (χ0) is 12.5. The first-order valence-electron chi connectivity index (χ1n) is 5.96. The molecular formula is C14H20N2O. The lowest BCUT2D eigenvalue weighted by atomic mass is 10.1. The van der Waals surface area contributed by atoms with E-state index in [1.807, 2.05) is 12.1 Å². The monoisotopic (exact) mass is 232 g/mol. The average Bonchev–Trinajstić information content (AvgIpc) is 2.32. The fourth-order valence-electron chi connectivity index (χ4n) is 1.54. The number of carbonyl (C=O) groups excluding carboxylic acids is 1. The number of amides is 1. The molecule has 0 saturated carbocycles. The van der Waals surface area contributed by atoms with Gasteiger partial charge >= 0.3 is 0 Å². The van der Waals surface area contributed by atoms with Crippen molar-refractivity contribution in [3.63, 3.8) is 0 Å². The number of benzene rings is 1. The summed E-state index contributed by atoms with van der Waals surface area (Å²) in [5.74, 6) is -0.0323. The average molecular weight is 232 g/mol. The van der Waals surface area contributed by atoms with E-state index < -0.39 is 0 Å². The van der Waals surface area contributed by atoms with Crippen LogP contribution in [-0.2, 0) is 11.2 Å². The summed E-state index contributed by atoms with van der Waals surface area (Å²) >= 11 is 0. The fraction of sp³-hybridized carbons (Fsp3) is 0.357. The standard InChI is InChI=1S/C14H20N2O/c1-3-5-12-6-8-13(9-7-12)16-14(17)11-15-10-4-2/h4,6-9,15H,2-3,5,10-11H2,1H3,(H,16,17). The highest BCUT2D eigenvalue weighted by atomic mass is 16.1. The summed E-state index contributed by atoms with van der Waals surface area (Å²) in [5, 5.41) is 5.79. The summed E-state index contributed by atoms with van der Waals surface area (Å²) in [6.07, 6.45) is 3.94. The molecular weight excluding hydrogens is 212 g/mol. The van der Waals surface area contributed by atoms with Crippen molar-refractivity contribution in [1.29, 1.82) is 0 Å². The van der Waals surface area contributed by atoms with Crippen molar-refractivity contribution < 1.29 is 4.79 Å². The molecule has 1 amide bonds. The third-order valence-corrected chi connectivity index (χ3v) is 2.35. The van der Waals surface area contributed by atoms with Crippen molar-refractivity contribution >= 4 is 11.6 Å². The molecule has 1 aromatic rings. The lowest BCUT2D eigenvalue weighted by Crippen LogP contribution is -2.28. The lowest BCUT2D eigenvalue weighted by Gasteiger charge is -2.06. The van der Waals surface area contributed by atoms with E-state index in [9.17, 15) is 4.79 Å². The first kappa shape index (κ1) is 13.5. The molecule has 17 heavy (non-hydrogen) atoms. The molecule has 0 heterocycles. The van der Waals surface area contributed by atoms with E-state index in [4.69, 9.17) is 0 Å². The molecule has 3 nitrogen and oxygen atoms in total. The van der Waals surface area contributed by atoms with Gasteiger partial charge in [-0.25, -0.2) is 0 Å². The first-order valence-corrected chi connectivity index (χ1v) is 5.96. The van der Waals surface area contributed by atoms with Crippen LogP contribution in [-0.4, -0.2) is 19.0 Å². The lowest BCUT2D eigenvalue weighted by molar-refractivity contribution is -0.115. The Kier molecular flexibility index (Phi) is 6.04. The van der Waals surface area contributed by atoms with Gasteiger partial charge in [-0.3, -0.25) is 4.79 Å². The highest BCUT2D eigenvalue weighted by Crippen LogP contribution is 2.10. The summed E-state index contributed by atoms with van der Waals surface area (Å²) in [6.45, 7) is 6.68. The minimum absolute atomic E-state index is 0.0323. The van der Waals surface area contributed by atoms with E-state index in [1.165, 1.54) is 5.56 Å². The highest BCUT2D eigenvalue weighted by molar-refractivity contribution is 5.92. The topological polar surface area (TPSA) is 41.1 Å². The van der Waals surface area contributed by atoms with Gasteiger partial charge in [0.25, 0.3) is 0 Å². The molecule has 0 radical (unpaired) electrons. The zero-order valence-corrected chi connectivity index (χ0v) is 10.3. The number of aryl methyl sites for hydroxylation is 1. The second-order valence-electron chi connectivity index (χ2n) is 3.91. The molecule has 3 heteroatoms. The van der Waals surface area contributed by atoms with E-state index in [0.717, 1.165) is 18.5 Å². The Morgan fingerprint density at radius 1 is 1.35 bits per heavy atom. The molecule has 0 aliphatic rings. The van der Waals surface area contributed by atoms with Crippen LogP contribution in [0.1, 0.15) is 18.9 Å². The molecule has 0 saturated heterocycles. The van der Waals surface area contributed by atoms with Crippen LogP contribution in [0.4, 0.5) is 5.69 Å². The second-order valence-corrected chi connectivity index (χ2v) is 3.91. The van der Waals surface area contributed by atoms with Crippen LogP contribution in [0.5, 0.6) is 0 Å². The Balaban J connectivity index is 2.40. The Bertz CT molecular complexity index is 357. The summed E-state index contributed by atoms with van der Waals surface area (Å²) < 4.78 is 0. The van der Waals surface area contributed by atoms with Crippen LogP contribution in [0.15, 0.2) is 36.9 Å². The van der Waals surface area contributed by atoms with Crippen molar-refractivity contribution in [2.75, 3.05) is 18.4 Å². The molecule has 0 fully saturated rings. The third kappa shape index (κ3) is 5.31. The Hall–Kier alpha value is -1.61. The van der Waals surface area contributed by atoms with Crippen molar-refractivity contribution in [2.24, 2.45) is 0 Å². The fourth-order valence-corrected chi connectivity index (χ4v) is 1.54. The van der Waals surface area contributed by atoms with Gasteiger partial charge in [-0.15, -0.1) is 6.58 Å². The molecule has 92 valence electrons. The van der Waals surface area contributed by atoms with E-state index in [2.05, 4.69) is 36.3 Å². The number of hydrogen-bond acceptors (Lipinski definition) is 2. The summed E-state index contributed by atoms with van der Waals surface area (Å²) in [6, 6.07) is 7.99. The molecule has 1 aromatic carbocycles. The Morgan fingerprint density at radius 2 is 2.06 bits per heavy atom. The number of hydrogen-bond donors (Lipinski definition) is 2. The van der Waals surface area contributed by atoms with Gasteiger partial charge in [-0.1, -0.05) is 31.6 Å². The second kappa shape index (κ2) is 7.63. The Labute approximate surface area is 103 Å². The predicted molar refractivity (Wildman–Crippen MR) is 72.1 cm³/mol. The van der Waals surface area contributed by atoms with Gasteiger partial charge < -0.3 is 10.6 Å². The van der Waals surface area contributed by atoms with E-state index >= 15 is 0 Å². The number of anilines is 1. The van der Waals surface area contributed by atoms with E-state index in [1.54, 1.807) is 6.08 Å². The van der Waals surface area contributed by atoms with Crippen molar-refractivity contribution in [3.8, 4) is 0 Å². The molecule has 0 atom stereocenters. The number of rotatable bonds is 7. The minimum atomic E-state index is -0.0323. The van der Waals surface area contributed by atoms with Crippen LogP contribution < -0.4 is 10.6 Å². The molecule has 1 rings (SSSR count). The predicted octanol–water partition coefficient (Wildman–Crippen LogP) is 2.35. The summed E-state index contributed by atoms with van der Waals surface area (Å²) in [4.78, 5) is 11.5. The van der Waals surface area contributed by atoms with Gasteiger partial charge in [0.2, 0.25) is 5.91 Å². The third-order valence-electron chi connectivity index (χ3n) is 2.35. The van der Waals surface area contributed by atoms with Gasteiger partial charge in [0.1, 0.15) is 0 Å². The summed E-state index contributed by atoms with van der Waals surface area (Å²) in [7, 11) is 0. The maximum atomic E-state index is 11.5. The van der Waals surface area contributed by atoms with Crippen molar-refractivity contribution in [3.05, 3.63) is 42.5 Å². The van der Waals surface area contributed by atoms with Crippen LogP contribution in [0, 0.1) is 0 Å². The first-order chi connectivity index (χ1) is 8.26. The largest absolute Gasteiger partial charge is 0.325 e. The highest BCUT2D eigenvalue weighted by Gasteiger charge is 2.00. The molecule has 0 spiro atoms. The zero-order valence-electron chi connectivity index (χ0n) is 10.3. The molecule has 0 bridgehead atoms. The van der Waals surface area contributed by atoms with Gasteiger partial charge in [0, 0.05) is 12.2 Å². The maximum absolute atomic E-state index is 11.5. The Morgan fingerprint density at radius 3 is 2.65 bits per heavy atom. The van der Waals surface area contributed by atoms with Gasteiger partial charge in [0.05, 0.1) is 6.54 Å². The van der Waals surface area contributed by atoms with E-state index in [0.29, 0.717) is 13.1 Å². The van der Waals surface area contributed by atoms with Crippen LogP contribution in [0.25, 0.3) is 0 Å². The van der Waals surface area contributed by atoms with Crippen molar-refractivity contribution in [1.82, 2.24) is 5.32 Å².